The largest absolute Gasteiger partial charge is 0.309 e. The van der Waals surface area contributed by atoms with Crippen molar-refractivity contribution in [3.63, 3.8) is 0 Å². The first-order valence-corrected chi connectivity index (χ1v) is 8.20. The van der Waals surface area contributed by atoms with Crippen LogP contribution in [0.5, 0.6) is 0 Å². The van der Waals surface area contributed by atoms with Crippen molar-refractivity contribution in [2.45, 2.75) is 32.7 Å². The average molecular weight is 358 g/mol. The van der Waals surface area contributed by atoms with Crippen molar-refractivity contribution in [2.24, 2.45) is 0 Å². The summed E-state index contributed by atoms with van der Waals surface area (Å²) in [5.41, 5.74) is 1.97. The molecule has 20 heavy (non-hydrogen) atoms. The molecule has 0 aliphatic heterocycles. The number of hydrogen-bond acceptors (Lipinski definition) is 4. The van der Waals surface area contributed by atoms with Crippen LogP contribution in [0.2, 0.25) is 0 Å². The molecule has 1 aromatic carbocycles. The van der Waals surface area contributed by atoms with E-state index in [9.17, 15) is 4.39 Å². The first-order chi connectivity index (χ1) is 9.65. The summed E-state index contributed by atoms with van der Waals surface area (Å²) >= 11 is 4.91. The molecule has 0 saturated carbocycles. The maximum absolute atomic E-state index is 13.4. The molecule has 0 aliphatic carbocycles. The Hall–Kier alpha value is -0.850. The van der Waals surface area contributed by atoms with Gasteiger partial charge in [-0.2, -0.15) is 0 Å². The predicted molar refractivity (Wildman–Crippen MR) is 83.5 cm³/mol. The SMILES string of the molecule is CCNC(Cc1cc(F)ccc1Br)c1snnc1CC. The highest BCUT2D eigenvalue weighted by atomic mass is 79.9. The molecule has 0 radical (unpaired) electrons. The summed E-state index contributed by atoms with van der Waals surface area (Å²) in [7, 11) is 0. The van der Waals surface area contributed by atoms with Gasteiger partial charge in [0, 0.05) is 10.5 Å². The Labute approximate surface area is 130 Å². The second-order valence-electron chi connectivity index (χ2n) is 4.49. The van der Waals surface area contributed by atoms with Crippen LogP contribution in [0, 0.1) is 5.82 Å². The van der Waals surface area contributed by atoms with Gasteiger partial charge in [0.15, 0.2) is 0 Å². The quantitative estimate of drug-likeness (QED) is 0.851. The fourth-order valence-corrected chi connectivity index (χ4v) is 3.37. The predicted octanol–water partition coefficient (Wildman–Crippen LogP) is 3.90. The van der Waals surface area contributed by atoms with Gasteiger partial charge in [0.25, 0.3) is 0 Å². The van der Waals surface area contributed by atoms with Crippen molar-refractivity contribution < 1.29 is 4.39 Å². The Morgan fingerprint density at radius 2 is 2.20 bits per heavy atom. The lowest BCUT2D eigenvalue weighted by Gasteiger charge is -2.18. The molecule has 0 amide bonds. The van der Waals surface area contributed by atoms with Crippen LogP contribution in [0.3, 0.4) is 0 Å². The van der Waals surface area contributed by atoms with Crippen molar-refractivity contribution in [3.05, 3.63) is 44.6 Å². The molecule has 1 heterocycles. The standard InChI is InChI=1S/C14H17BrFN3S/c1-3-12-14(20-19-18-12)13(17-4-2)8-9-7-10(16)5-6-11(9)15/h5-7,13,17H,3-4,8H2,1-2H3. The molecule has 1 aromatic heterocycles. The van der Waals surface area contributed by atoms with Crippen LogP contribution in [0.1, 0.15) is 36.0 Å². The van der Waals surface area contributed by atoms with E-state index >= 15 is 0 Å². The van der Waals surface area contributed by atoms with E-state index in [1.54, 1.807) is 12.1 Å². The zero-order chi connectivity index (χ0) is 14.5. The van der Waals surface area contributed by atoms with Gasteiger partial charge in [-0.25, -0.2) is 4.39 Å². The van der Waals surface area contributed by atoms with Gasteiger partial charge >= 0.3 is 0 Å². The summed E-state index contributed by atoms with van der Waals surface area (Å²) in [5.74, 6) is -0.211. The Bertz CT molecular complexity index is 573. The maximum Gasteiger partial charge on any atom is 0.123 e. The maximum atomic E-state index is 13.4. The lowest BCUT2D eigenvalue weighted by atomic mass is 10.0. The van der Waals surface area contributed by atoms with Crippen LogP contribution < -0.4 is 5.32 Å². The summed E-state index contributed by atoms with van der Waals surface area (Å²) in [5, 5.41) is 7.60. The molecule has 0 spiro atoms. The highest BCUT2D eigenvalue weighted by Crippen LogP contribution is 2.28. The third-order valence-electron chi connectivity index (χ3n) is 3.12. The molecular weight excluding hydrogens is 341 g/mol. The summed E-state index contributed by atoms with van der Waals surface area (Å²) in [6, 6.07) is 4.91. The number of halogens is 2. The molecule has 6 heteroatoms. The highest BCUT2D eigenvalue weighted by molar-refractivity contribution is 9.10. The van der Waals surface area contributed by atoms with Gasteiger partial charge in [-0.1, -0.05) is 34.3 Å². The minimum Gasteiger partial charge on any atom is -0.309 e. The molecule has 2 aromatic rings. The number of likely N-dealkylation sites (N-methyl/N-ethyl adjacent to an activating group) is 1. The minimum atomic E-state index is -0.211. The summed E-state index contributed by atoms with van der Waals surface area (Å²) in [6.45, 7) is 4.98. The zero-order valence-corrected chi connectivity index (χ0v) is 13.9. The molecular formula is C14H17BrFN3S. The van der Waals surface area contributed by atoms with E-state index in [1.807, 2.05) is 0 Å². The van der Waals surface area contributed by atoms with E-state index in [0.717, 1.165) is 33.6 Å². The molecule has 1 atom stereocenters. The van der Waals surface area contributed by atoms with E-state index in [4.69, 9.17) is 0 Å². The molecule has 2 rings (SSSR count). The molecule has 0 saturated heterocycles. The minimum absolute atomic E-state index is 0.119. The van der Waals surface area contributed by atoms with E-state index in [1.165, 1.54) is 17.6 Å². The molecule has 0 fully saturated rings. The van der Waals surface area contributed by atoms with Gasteiger partial charge in [0.1, 0.15) is 5.82 Å². The molecule has 108 valence electrons. The topological polar surface area (TPSA) is 37.8 Å². The summed E-state index contributed by atoms with van der Waals surface area (Å²) in [4.78, 5) is 1.14. The van der Waals surface area contributed by atoms with Gasteiger partial charge in [0.2, 0.25) is 0 Å². The smallest absolute Gasteiger partial charge is 0.123 e. The van der Waals surface area contributed by atoms with Crippen LogP contribution in [0.4, 0.5) is 4.39 Å². The number of aryl methyl sites for hydroxylation is 1. The molecule has 1 unspecified atom stereocenters. The van der Waals surface area contributed by atoms with E-state index < -0.39 is 0 Å². The van der Waals surface area contributed by atoms with Crippen LogP contribution in [-0.4, -0.2) is 16.1 Å². The van der Waals surface area contributed by atoms with E-state index in [-0.39, 0.29) is 11.9 Å². The van der Waals surface area contributed by atoms with E-state index in [0.29, 0.717) is 6.42 Å². The van der Waals surface area contributed by atoms with Crippen molar-refractivity contribution >= 4 is 27.5 Å². The van der Waals surface area contributed by atoms with Crippen molar-refractivity contribution in [1.82, 2.24) is 14.9 Å². The first-order valence-electron chi connectivity index (χ1n) is 6.64. The number of nitrogens with zero attached hydrogens (tertiary/aromatic N) is 2. The van der Waals surface area contributed by atoms with Gasteiger partial charge in [-0.3, -0.25) is 0 Å². The first kappa shape index (κ1) is 15.5. The monoisotopic (exact) mass is 357 g/mol. The molecule has 0 aliphatic rings. The number of benzene rings is 1. The number of nitrogens with one attached hydrogen (secondary N) is 1. The van der Waals surface area contributed by atoms with Crippen LogP contribution in [-0.2, 0) is 12.8 Å². The summed E-state index contributed by atoms with van der Waals surface area (Å²) in [6.07, 6.45) is 1.57. The average Bonchev–Trinajstić information content (AvgIpc) is 2.90. The van der Waals surface area contributed by atoms with Crippen LogP contribution in [0.15, 0.2) is 22.7 Å². The fraction of sp³-hybridized carbons (Fsp3) is 0.429. The number of rotatable bonds is 6. The van der Waals surface area contributed by atoms with Gasteiger partial charge in [-0.05, 0) is 54.7 Å². The molecule has 3 nitrogen and oxygen atoms in total. The normalized spacial score (nSPS) is 12.6. The van der Waals surface area contributed by atoms with Crippen LogP contribution >= 0.6 is 27.5 Å². The Morgan fingerprint density at radius 3 is 2.90 bits per heavy atom. The summed E-state index contributed by atoms with van der Waals surface area (Å²) < 4.78 is 18.4. The lowest BCUT2D eigenvalue weighted by Crippen LogP contribution is -2.23. The Balaban J connectivity index is 2.27. The zero-order valence-electron chi connectivity index (χ0n) is 11.5. The number of aromatic nitrogens is 2. The van der Waals surface area contributed by atoms with E-state index in [2.05, 4.69) is 44.7 Å². The second kappa shape index (κ2) is 7.24. The van der Waals surface area contributed by atoms with Crippen molar-refractivity contribution in [2.75, 3.05) is 6.54 Å². The Morgan fingerprint density at radius 1 is 1.40 bits per heavy atom. The highest BCUT2D eigenvalue weighted by Gasteiger charge is 2.19. The van der Waals surface area contributed by atoms with Gasteiger partial charge < -0.3 is 5.32 Å². The Kier molecular flexibility index (Phi) is 5.63. The third-order valence-corrected chi connectivity index (χ3v) is 4.77. The van der Waals surface area contributed by atoms with Gasteiger partial charge in [0.05, 0.1) is 10.6 Å². The lowest BCUT2D eigenvalue weighted by molar-refractivity contribution is 0.549. The van der Waals surface area contributed by atoms with Crippen LogP contribution in [0.25, 0.3) is 0 Å². The van der Waals surface area contributed by atoms with Gasteiger partial charge in [-0.15, -0.1) is 5.10 Å². The molecule has 1 N–H and O–H groups in total. The second-order valence-corrected chi connectivity index (χ2v) is 6.13. The van der Waals surface area contributed by atoms with Crippen molar-refractivity contribution in [3.8, 4) is 0 Å². The molecule has 0 bridgehead atoms. The fourth-order valence-electron chi connectivity index (χ4n) is 2.15. The third kappa shape index (κ3) is 3.62. The van der Waals surface area contributed by atoms with Crippen molar-refractivity contribution in [1.29, 1.82) is 0 Å². The number of hydrogen-bond donors (Lipinski definition) is 1.